The van der Waals surface area contributed by atoms with Crippen LogP contribution in [0, 0.1) is 6.92 Å². The molecule has 0 N–H and O–H groups in total. The van der Waals surface area contributed by atoms with Crippen molar-refractivity contribution in [3.05, 3.63) is 69.2 Å². The van der Waals surface area contributed by atoms with Gasteiger partial charge in [-0.25, -0.2) is 0 Å². The van der Waals surface area contributed by atoms with Crippen LogP contribution in [-0.2, 0) is 0 Å². The van der Waals surface area contributed by atoms with Crippen LogP contribution in [0.1, 0.15) is 27.0 Å². The van der Waals surface area contributed by atoms with Gasteiger partial charge < -0.3 is 4.74 Å². The van der Waals surface area contributed by atoms with Crippen LogP contribution in [0.4, 0.5) is 0 Å². The smallest absolute Gasteiger partial charge is 0.201 e. The summed E-state index contributed by atoms with van der Waals surface area (Å²) < 4.78 is 5.80. The van der Waals surface area contributed by atoms with Gasteiger partial charge in [0.15, 0.2) is 0 Å². The highest BCUT2D eigenvalue weighted by molar-refractivity contribution is 9.12. The van der Waals surface area contributed by atoms with E-state index in [2.05, 4.69) is 22.0 Å². The number of allylic oxidation sites excluding steroid dienone is 1. The maximum Gasteiger partial charge on any atom is 0.201 e. The SMILES string of the molecule is COc1ccc(C2=C(Br)C(=O)c3ccc(C)cc32)cc1. The fourth-order valence-corrected chi connectivity index (χ4v) is 3.11. The van der Waals surface area contributed by atoms with Crippen molar-refractivity contribution in [2.75, 3.05) is 7.11 Å². The van der Waals surface area contributed by atoms with Crippen LogP contribution in [0.2, 0.25) is 0 Å². The Labute approximate surface area is 126 Å². The Morgan fingerprint density at radius 3 is 2.35 bits per heavy atom. The van der Waals surface area contributed by atoms with E-state index in [0.29, 0.717) is 4.48 Å². The largest absolute Gasteiger partial charge is 0.497 e. The first kappa shape index (κ1) is 13.1. The molecule has 0 aliphatic heterocycles. The van der Waals surface area contributed by atoms with Gasteiger partial charge in [-0.05, 0) is 46.1 Å². The normalized spacial score (nSPS) is 13.7. The lowest BCUT2D eigenvalue weighted by molar-refractivity contribution is 0.104. The summed E-state index contributed by atoms with van der Waals surface area (Å²) in [5.41, 5.74) is 4.86. The number of carbonyl (C=O) groups is 1. The standard InChI is InChI=1S/C17H13BrO2/c1-10-3-8-13-14(9-10)15(16(18)17(13)19)11-4-6-12(20-2)7-5-11/h3-9H,1-2H3. The van der Waals surface area contributed by atoms with Crippen molar-refractivity contribution in [2.24, 2.45) is 0 Å². The second kappa shape index (κ2) is 4.91. The quantitative estimate of drug-likeness (QED) is 0.819. The molecule has 0 bridgehead atoms. The van der Waals surface area contributed by atoms with Gasteiger partial charge in [0.1, 0.15) is 5.75 Å². The van der Waals surface area contributed by atoms with Crippen LogP contribution in [-0.4, -0.2) is 12.9 Å². The molecular formula is C17H13BrO2. The maximum absolute atomic E-state index is 12.3. The summed E-state index contributed by atoms with van der Waals surface area (Å²) in [4.78, 5) is 12.3. The second-order valence-corrected chi connectivity index (χ2v) is 5.59. The molecule has 3 heteroatoms. The summed E-state index contributed by atoms with van der Waals surface area (Å²) in [6, 6.07) is 13.7. The van der Waals surface area contributed by atoms with E-state index in [0.717, 1.165) is 33.6 Å². The number of hydrogen-bond donors (Lipinski definition) is 0. The minimum atomic E-state index is 0.0471. The highest BCUT2D eigenvalue weighted by Crippen LogP contribution is 2.40. The zero-order chi connectivity index (χ0) is 14.3. The lowest BCUT2D eigenvalue weighted by Gasteiger charge is -2.08. The fourth-order valence-electron chi connectivity index (χ4n) is 2.45. The summed E-state index contributed by atoms with van der Waals surface area (Å²) in [6.45, 7) is 2.03. The third-order valence-corrected chi connectivity index (χ3v) is 4.24. The number of fused-ring (bicyclic) bond motifs is 1. The summed E-state index contributed by atoms with van der Waals surface area (Å²) >= 11 is 3.45. The average Bonchev–Trinajstić information content (AvgIpc) is 2.71. The van der Waals surface area contributed by atoms with Crippen molar-refractivity contribution in [1.82, 2.24) is 0 Å². The van der Waals surface area contributed by atoms with Crippen LogP contribution in [0.15, 0.2) is 46.9 Å². The third kappa shape index (κ3) is 1.98. The zero-order valence-electron chi connectivity index (χ0n) is 11.2. The number of Topliss-reactive ketones (excluding diaryl/α,β-unsaturated/α-hetero) is 1. The minimum Gasteiger partial charge on any atom is -0.497 e. The average molecular weight is 329 g/mol. The number of ether oxygens (including phenoxy) is 1. The molecule has 0 heterocycles. The molecule has 20 heavy (non-hydrogen) atoms. The summed E-state index contributed by atoms with van der Waals surface area (Å²) in [5, 5.41) is 0. The minimum absolute atomic E-state index is 0.0471. The van der Waals surface area contributed by atoms with Gasteiger partial charge in [0.05, 0.1) is 11.6 Å². The molecule has 2 aromatic rings. The monoisotopic (exact) mass is 328 g/mol. The molecule has 2 nitrogen and oxygen atoms in total. The van der Waals surface area contributed by atoms with E-state index >= 15 is 0 Å². The first-order valence-electron chi connectivity index (χ1n) is 6.31. The second-order valence-electron chi connectivity index (χ2n) is 4.80. The van der Waals surface area contributed by atoms with Crippen LogP contribution in [0.5, 0.6) is 5.75 Å². The molecule has 1 aliphatic rings. The Hall–Kier alpha value is -1.87. The van der Waals surface area contributed by atoms with Crippen molar-refractivity contribution in [2.45, 2.75) is 6.92 Å². The molecule has 3 rings (SSSR count). The van der Waals surface area contributed by atoms with E-state index in [1.165, 1.54) is 0 Å². The van der Waals surface area contributed by atoms with E-state index in [-0.39, 0.29) is 5.78 Å². The van der Waals surface area contributed by atoms with Gasteiger partial charge in [-0.2, -0.15) is 0 Å². The molecule has 0 amide bonds. The van der Waals surface area contributed by atoms with Gasteiger partial charge >= 0.3 is 0 Å². The Kier molecular flexibility index (Phi) is 3.22. The number of methoxy groups -OCH3 is 1. The van der Waals surface area contributed by atoms with Crippen molar-refractivity contribution in [3.63, 3.8) is 0 Å². The molecule has 0 spiro atoms. The van der Waals surface area contributed by atoms with E-state index in [1.807, 2.05) is 43.3 Å². The number of hydrogen-bond acceptors (Lipinski definition) is 2. The van der Waals surface area contributed by atoms with Gasteiger partial charge in [-0.3, -0.25) is 4.79 Å². The third-order valence-electron chi connectivity index (χ3n) is 3.49. The maximum atomic E-state index is 12.3. The number of aryl methyl sites for hydroxylation is 1. The van der Waals surface area contributed by atoms with Gasteiger partial charge in [-0.1, -0.05) is 35.9 Å². The lowest BCUT2D eigenvalue weighted by Crippen LogP contribution is -1.93. The first-order chi connectivity index (χ1) is 9.61. The topological polar surface area (TPSA) is 26.3 Å². The Bertz CT molecular complexity index is 727. The molecule has 100 valence electrons. The van der Waals surface area contributed by atoms with Crippen LogP contribution < -0.4 is 4.74 Å². The molecule has 1 aliphatic carbocycles. The number of carbonyl (C=O) groups excluding carboxylic acids is 1. The number of halogens is 1. The fraction of sp³-hybridized carbons (Fsp3) is 0.118. The van der Waals surface area contributed by atoms with E-state index in [1.54, 1.807) is 7.11 Å². The number of rotatable bonds is 2. The molecular weight excluding hydrogens is 316 g/mol. The lowest BCUT2D eigenvalue weighted by atomic mass is 9.97. The van der Waals surface area contributed by atoms with Crippen LogP contribution in [0.25, 0.3) is 5.57 Å². The summed E-state index contributed by atoms with van der Waals surface area (Å²) in [6.07, 6.45) is 0. The highest BCUT2D eigenvalue weighted by atomic mass is 79.9. The van der Waals surface area contributed by atoms with Crippen molar-refractivity contribution in [1.29, 1.82) is 0 Å². The Morgan fingerprint density at radius 1 is 1.00 bits per heavy atom. The van der Waals surface area contributed by atoms with E-state index in [9.17, 15) is 4.79 Å². The van der Waals surface area contributed by atoms with Crippen LogP contribution in [0.3, 0.4) is 0 Å². The molecule has 0 fully saturated rings. The Morgan fingerprint density at radius 2 is 1.70 bits per heavy atom. The van der Waals surface area contributed by atoms with Crippen LogP contribution >= 0.6 is 15.9 Å². The van der Waals surface area contributed by atoms with Crippen molar-refractivity contribution in [3.8, 4) is 5.75 Å². The highest BCUT2D eigenvalue weighted by Gasteiger charge is 2.28. The van der Waals surface area contributed by atoms with Crippen molar-refractivity contribution < 1.29 is 9.53 Å². The molecule has 0 radical (unpaired) electrons. The predicted octanol–water partition coefficient (Wildman–Crippen LogP) is 4.35. The van der Waals surface area contributed by atoms with E-state index < -0.39 is 0 Å². The van der Waals surface area contributed by atoms with Gasteiger partial charge in [0, 0.05) is 11.1 Å². The molecule has 0 aromatic heterocycles. The predicted molar refractivity (Wildman–Crippen MR) is 83.5 cm³/mol. The Balaban J connectivity index is 2.17. The first-order valence-corrected chi connectivity index (χ1v) is 7.11. The number of ketones is 1. The van der Waals surface area contributed by atoms with Crippen molar-refractivity contribution >= 4 is 27.3 Å². The van der Waals surface area contributed by atoms with Gasteiger partial charge in [0.25, 0.3) is 0 Å². The van der Waals surface area contributed by atoms with Gasteiger partial charge in [-0.15, -0.1) is 0 Å². The zero-order valence-corrected chi connectivity index (χ0v) is 12.8. The molecule has 0 saturated carbocycles. The van der Waals surface area contributed by atoms with E-state index in [4.69, 9.17) is 4.74 Å². The molecule has 0 unspecified atom stereocenters. The number of benzene rings is 2. The molecule has 0 saturated heterocycles. The molecule has 2 aromatic carbocycles. The van der Waals surface area contributed by atoms with Gasteiger partial charge in [0.2, 0.25) is 5.78 Å². The summed E-state index contributed by atoms with van der Waals surface area (Å²) in [5.74, 6) is 0.852. The summed E-state index contributed by atoms with van der Waals surface area (Å²) in [7, 11) is 1.64. The molecule has 0 atom stereocenters.